The van der Waals surface area contributed by atoms with Crippen LogP contribution in [-0.2, 0) is 4.79 Å². The molecule has 4 nitrogen and oxygen atoms in total. The summed E-state index contributed by atoms with van der Waals surface area (Å²) < 4.78 is 0. The first kappa shape index (κ1) is 12.5. The van der Waals surface area contributed by atoms with Crippen molar-refractivity contribution >= 4 is 5.91 Å². The fourth-order valence-corrected chi connectivity index (χ4v) is 2.08. The number of primary amides is 1. The van der Waals surface area contributed by atoms with Gasteiger partial charge in [-0.15, -0.1) is 0 Å². The van der Waals surface area contributed by atoms with Crippen molar-refractivity contribution in [3.8, 4) is 0 Å². The summed E-state index contributed by atoms with van der Waals surface area (Å²) in [5.74, 6) is -0.271. The first-order valence-electron chi connectivity index (χ1n) is 5.84. The minimum absolute atomic E-state index is 0.209. The molecule has 0 aromatic heterocycles. The Labute approximate surface area is 92.2 Å². The van der Waals surface area contributed by atoms with E-state index >= 15 is 0 Å². The second-order valence-corrected chi connectivity index (χ2v) is 4.50. The van der Waals surface area contributed by atoms with Gasteiger partial charge in [-0.1, -0.05) is 6.42 Å². The molecule has 1 aliphatic heterocycles. The summed E-state index contributed by atoms with van der Waals surface area (Å²) in [7, 11) is 2.18. The molecule has 1 aliphatic rings. The molecule has 1 fully saturated rings. The molecule has 0 saturated carbocycles. The summed E-state index contributed by atoms with van der Waals surface area (Å²) in [5.41, 5.74) is 5.17. The van der Waals surface area contributed by atoms with E-state index < -0.39 is 0 Å². The lowest BCUT2D eigenvalue weighted by Crippen LogP contribution is -2.42. The van der Waals surface area contributed by atoms with E-state index in [0.717, 1.165) is 13.0 Å². The Hall–Kier alpha value is -0.610. The molecular formula is C11H23N3O. The molecular weight excluding hydrogens is 190 g/mol. The van der Waals surface area contributed by atoms with Crippen LogP contribution in [0.3, 0.4) is 0 Å². The van der Waals surface area contributed by atoms with Crippen LogP contribution in [0.4, 0.5) is 0 Å². The van der Waals surface area contributed by atoms with Crippen molar-refractivity contribution in [3.05, 3.63) is 0 Å². The Balaban J connectivity index is 2.16. The van der Waals surface area contributed by atoms with Gasteiger partial charge in [0.15, 0.2) is 0 Å². The highest BCUT2D eigenvalue weighted by Gasteiger charge is 2.18. The number of amides is 1. The van der Waals surface area contributed by atoms with Crippen LogP contribution >= 0.6 is 0 Å². The highest BCUT2D eigenvalue weighted by Crippen LogP contribution is 2.16. The van der Waals surface area contributed by atoms with Crippen LogP contribution in [0.5, 0.6) is 0 Å². The Morgan fingerprint density at radius 2 is 2.33 bits per heavy atom. The van der Waals surface area contributed by atoms with Gasteiger partial charge in [-0.05, 0) is 46.3 Å². The Kier molecular flexibility index (Phi) is 5.05. The number of piperidine rings is 1. The Bertz CT molecular complexity index is 208. The molecule has 0 bridgehead atoms. The molecule has 1 rings (SSSR count). The van der Waals surface area contributed by atoms with E-state index in [1.54, 1.807) is 0 Å². The van der Waals surface area contributed by atoms with E-state index in [1.165, 1.54) is 25.8 Å². The minimum Gasteiger partial charge on any atom is -0.368 e. The lowest BCUT2D eigenvalue weighted by Gasteiger charge is -2.32. The van der Waals surface area contributed by atoms with E-state index in [-0.39, 0.29) is 11.9 Å². The molecule has 4 heteroatoms. The van der Waals surface area contributed by atoms with Gasteiger partial charge in [0.2, 0.25) is 5.91 Å². The van der Waals surface area contributed by atoms with Gasteiger partial charge in [-0.3, -0.25) is 4.79 Å². The number of nitrogens with two attached hydrogens (primary N) is 1. The Morgan fingerprint density at radius 3 is 2.93 bits per heavy atom. The SMILES string of the molecule is CC(NCCC1CCCCN1C)C(N)=O. The molecule has 1 heterocycles. The third-order valence-electron chi connectivity index (χ3n) is 3.28. The standard InChI is InChI=1S/C11H23N3O/c1-9(11(12)15)13-7-6-10-5-3-4-8-14(10)2/h9-10,13H,3-8H2,1-2H3,(H2,12,15). The van der Waals surface area contributed by atoms with E-state index in [9.17, 15) is 4.79 Å². The molecule has 15 heavy (non-hydrogen) atoms. The number of carbonyl (C=O) groups is 1. The Morgan fingerprint density at radius 1 is 1.60 bits per heavy atom. The molecule has 1 saturated heterocycles. The van der Waals surface area contributed by atoms with Crippen LogP contribution < -0.4 is 11.1 Å². The van der Waals surface area contributed by atoms with Crippen LogP contribution in [-0.4, -0.2) is 43.0 Å². The molecule has 88 valence electrons. The van der Waals surface area contributed by atoms with Crippen LogP contribution in [0.1, 0.15) is 32.6 Å². The van der Waals surface area contributed by atoms with Gasteiger partial charge in [0.1, 0.15) is 0 Å². The summed E-state index contributed by atoms with van der Waals surface area (Å²) in [6.07, 6.45) is 5.04. The fourth-order valence-electron chi connectivity index (χ4n) is 2.08. The lowest BCUT2D eigenvalue weighted by molar-refractivity contribution is -0.119. The van der Waals surface area contributed by atoms with Gasteiger partial charge < -0.3 is 16.0 Å². The number of likely N-dealkylation sites (tertiary alicyclic amines) is 1. The summed E-state index contributed by atoms with van der Waals surface area (Å²) >= 11 is 0. The smallest absolute Gasteiger partial charge is 0.234 e. The highest BCUT2D eigenvalue weighted by molar-refractivity contribution is 5.79. The van der Waals surface area contributed by atoms with Crippen molar-refractivity contribution in [2.75, 3.05) is 20.1 Å². The molecule has 2 unspecified atom stereocenters. The maximum atomic E-state index is 10.8. The van der Waals surface area contributed by atoms with Crippen LogP contribution in [0.25, 0.3) is 0 Å². The van der Waals surface area contributed by atoms with Gasteiger partial charge in [-0.25, -0.2) is 0 Å². The van der Waals surface area contributed by atoms with Gasteiger partial charge in [0.05, 0.1) is 6.04 Å². The normalized spacial score (nSPS) is 25.1. The maximum absolute atomic E-state index is 10.8. The zero-order valence-electron chi connectivity index (χ0n) is 9.83. The summed E-state index contributed by atoms with van der Waals surface area (Å²) in [4.78, 5) is 13.2. The molecule has 0 aromatic carbocycles. The highest BCUT2D eigenvalue weighted by atomic mass is 16.1. The molecule has 3 N–H and O–H groups in total. The maximum Gasteiger partial charge on any atom is 0.234 e. The third-order valence-corrected chi connectivity index (χ3v) is 3.28. The summed E-state index contributed by atoms with van der Waals surface area (Å²) in [5, 5.41) is 3.15. The van der Waals surface area contributed by atoms with E-state index in [0.29, 0.717) is 6.04 Å². The predicted octanol–water partition coefficient (Wildman–Crippen LogP) is 0.324. The first-order valence-corrected chi connectivity index (χ1v) is 5.84. The van der Waals surface area contributed by atoms with E-state index in [2.05, 4.69) is 17.3 Å². The minimum atomic E-state index is -0.271. The van der Waals surface area contributed by atoms with Gasteiger partial charge >= 0.3 is 0 Å². The van der Waals surface area contributed by atoms with Gasteiger partial charge in [0, 0.05) is 6.04 Å². The lowest BCUT2D eigenvalue weighted by atomic mass is 10.00. The quantitative estimate of drug-likeness (QED) is 0.691. The first-order chi connectivity index (χ1) is 7.11. The van der Waals surface area contributed by atoms with Crippen molar-refractivity contribution in [3.63, 3.8) is 0 Å². The van der Waals surface area contributed by atoms with Crippen molar-refractivity contribution in [2.45, 2.75) is 44.7 Å². The number of nitrogens with zero attached hydrogens (tertiary/aromatic N) is 1. The second-order valence-electron chi connectivity index (χ2n) is 4.50. The zero-order chi connectivity index (χ0) is 11.3. The predicted molar refractivity (Wildman–Crippen MR) is 61.5 cm³/mol. The van der Waals surface area contributed by atoms with Gasteiger partial charge in [-0.2, -0.15) is 0 Å². The van der Waals surface area contributed by atoms with Crippen LogP contribution in [0, 0.1) is 0 Å². The monoisotopic (exact) mass is 213 g/mol. The molecule has 0 aliphatic carbocycles. The topological polar surface area (TPSA) is 58.4 Å². The molecule has 2 atom stereocenters. The largest absolute Gasteiger partial charge is 0.368 e. The fraction of sp³-hybridized carbons (Fsp3) is 0.909. The number of nitrogens with one attached hydrogen (secondary N) is 1. The summed E-state index contributed by atoms with van der Waals surface area (Å²) in [6, 6.07) is 0.463. The van der Waals surface area contributed by atoms with E-state index in [1.807, 2.05) is 6.92 Å². The molecule has 1 amide bonds. The molecule has 0 radical (unpaired) electrons. The number of rotatable bonds is 5. The van der Waals surface area contributed by atoms with E-state index in [4.69, 9.17) is 5.73 Å². The number of hydrogen-bond donors (Lipinski definition) is 2. The van der Waals surface area contributed by atoms with Crippen molar-refractivity contribution in [1.82, 2.24) is 10.2 Å². The number of hydrogen-bond acceptors (Lipinski definition) is 3. The average Bonchev–Trinajstić information content (AvgIpc) is 2.20. The third kappa shape index (κ3) is 4.18. The van der Waals surface area contributed by atoms with Crippen molar-refractivity contribution in [2.24, 2.45) is 5.73 Å². The average molecular weight is 213 g/mol. The van der Waals surface area contributed by atoms with Crippen LogP contribution in [0.15, 0.2) is 0 Å². The molecule has 0 spiro atoms. The zero-order valence-corrected chi connectivity index (χ0v) is 9.83. The molecule has 0 aromatic rings. The van der Waals surface area contributed by atoms with Crippen molar-refractivity contribution in [1.29, 1.82) is 0 Å². The van der Waals surface area contributed by atoms with Crippen LogP contribution in [0.2, 0.25) is 0 Å². The summed E-state index contributed by atoms with van der Waals surface area (Å²) in [6.45, 7) is 3.89. The van der Waals surface area contributed by atoms with Crippen molar-refractivity contribution < 1.29 is 4.79 Å². The number of carbonyl (C=O) groups excluding carboxylic acids is 1. The second kappa shape index (κ2) is 6.08. The van der Waals surface area contributed by atoms with Gasteiger partial charge in [0.25, 0.3) is 0 Å².